The number of aliphatic carboxylic acids is 1. The molecule has 2 saturated heterocycles. The predicted octanol–water partition coefficient (Wildman–Crippen LogP) is 1.90. The van der Waals surface area contributed by atoms with Crippen LogP contribution in [0, 0.1) is 0 Å². The van der Waals surface area contributed by atoms with Gasteiger partial charge in [0, 0.05) is 18.0 Å². The van der Waals surface area contributed by atoms with Gasteiger partial charge < -0.3 is 14.9 Å². The molecule has 0 bridgehead atoms. The fourth-order valence-corrected chi connectivity index (χ4v) is 4.04. The minimum absolute atomic E-state index is 0.150. The Kier molecular flexibility index (Phi) is 4.26. The van der Waals surface area contributed by atoms with Crippen molar-refractivity contribution in [3.8, 4) is 0 Å². The molecule has 0 spiro atoms. The summed E-state index contributed by atoms with van der Waals surface area (Å²) in [5, 5.41) is 13.1. The lowest BCUT2D eigenvalue weighted by atomic mass is 9.95. The van der Waals surface area contributed by atoms with Crippen LogP contribution in [0.2, 0.25) is 0 Å². The van der Waals surface area contributed by atoms with Gasteiger partial charge >= 0.3 is 5.97 Å². The molecule has 21 heavy (non-hydrogen) atoms. The Morgan fingerprint density at radius 1 is 1.24 bits per heavy atom. The maximum absolute atomic E-state index is 12.5. The molecule has 1 amide bonds. The number of rotatable bonds is 3. The molecular formula is C15H20N2O3S. The van der Waals surface area contributed by atoms with Crippen LogP contribution in [0.3, 0.4) is 0 Å². The second kappa shape index (κ2) is 6.15. The number of carboxylic acids is 1. The van der Waals surface area contributed by atoms with Crippen LogP contribution < -0.4 is 0 Å². The first-order valence-electron chi connectivity index (χ1n) is 7.47. The Labute approximate surface area is 128 Å². The molecule has 1 aromatic rings. The molecule has 2 aliphatic rings. The van der Waals surface area contributed by atoms with E-state index in [9.17, 15) is 14.7 Å². The van der Waals surface area contributed by atoms with Crippen LogP contribution in [0.4, 0.5) is 0 Å². The van der Waals surface area contributed by atoms with E-state index in [2.05, 4.69) is 4.90 Å². The van der Waals surface area contributed by atoms with Gasteiger partial charge in [0.25, 0.3) is 5.91 Å². The second-order valence-electron chi connectivity index (χ2n) is 5.79. The molecule has 0 aromatic carbocycles. The van der Waals surface area contributed by atoms with Crippen molar-refractivity contribution in [3.63, 3.8) is 0 Å². The Balaban J connectivity index is 1.73. The van der Waals surface area contributed by atoms with Crippen molar-refractivity contribution in [3.05, 3.63) is 22.4 Å². The van der Waals surface area contributed by atoms with Gasteiger partial charge in [0.1, 0.15) is 6.04 Å². The van der Waals surface area contributed by atoms with Gasteiger partial charge in [0.2, 0.25) is 0 Å². The number of thiophene rings is 1. The number of likely N-dealkylation sites (tertiary alicyclic amines) is 2. The molecule has 1 aromatic heterocycles. The summed E-state index contributed by atoms with van der Waals surface area (Å²) in [5.41, 5.74) is 0.603. The number of nitrogens with zero attached hydrogens (tertiary/aromatic N) is 2. The first-order valence-corrected chi connectivity index (χ1v) is 8.41. The average molecular weight is 308 g/mol. The first kappa shape index (κ1) is 14.5. The summed E-state index contributed by atoms with van der Waals surface area (Å²) < 4.78 is 0. The van der Waals surface area contributed by atoms with Crippen molar-refractivity contribution >= 4 is 23.2 Å². The molecular weight excluding hydrogens is 288 g/mol. The summed E-state index contributed by atoms with van der Waals surface area (Å²) in [6, 6.07) is 1.37. The van der Waals surface area contributed by atoms with Crippen molar-refractivity contribution in [2.75, 3.05) is 19.6 Å². The van der Waals surface area contributed by atoms with E-state index in [4.69, 9.17) is 0 Å². The Hall–Kier alpha value is -1.40. The highest BCUT2D eigenvalue weighted by molar-refractivity contribution is 7.08. The molecule has 1 N–H and O–H groups in total. The standard InChI is InChI=1S/C15H20N2O3S/c18-14(11-4-8-21-10-11)17-7-3-12(9-13(17)15(19)20)16-5-1-2-6-16/h4,8,10,12-13H,1-3,5-7,9H2,(H,19,20). The number of carbonyl (C=O) groups excluding carboxylic acids is 1. The predicted molar refractivity (Wildman–Crippen MR) is 80.6 cm³/mol. The van der Waals surface area contributed by atoms with Gasteiger partial charge in [-0.05, 0) is 50.2 Å². The van der Waals surface area contributed by atoms with E-state index in [1.165, 1.54) is 29.1 Å². The van der Waals surface area contributed by atoms with Gasteiger partial charge in [-0.1, -0.05) is 0 Å². The van der Waals surface area contributed by atoms with E-state index in [-0.39, 0.29) is 5.91 Å². The van der Waals surface area contributed by atoms with E-state index in [0.717, 1.165) is 19.5 Å². The van der Waals surface area contributed by atoms with E-state index in [1.54, 1.807) is 11.4 Å². The third-order valence-corrected chi connectivity index (χ3v) is 5.23. The number of amides is 1. The SMILES string of the molecule is O=C(O)C1CC(N2CCCC2)CCN1C(=O)c1ccsc1. The van der Waals surface area contributed by atoms with Crippen molar-refractivity contribution in [1.29, 1.82) is 0 Å². The Morgan fingerprint density at radius 3 is 2.62 bits per heavy atom. The molecule has 0 aliphatic carbocycles. The van der Waals surface area contributed by atoms with Crippen molar-refractivity contribution in [2.45, 2.75) is 37.8 Å². The van der Waals surface area contributed by atoms with Crippen molar-refractivity contribution in [1.82, 2.24) is 9.80 Å². The summed E-state index contributed by atoms with van der Waals surface area (Å²) in [4.78, 5) is 28.0. The zero-order chi connectivity index (χ0) is 14.8. The van der Waals surface area contributed by atoms with Gasteiger partial charge in [-0.3, -0.25) is 4.79 Å². The number of carboxylic acid groups (broad SMARTS) is 1. The Morgan fingerprint density at radius 2 is 2.00 bits per heavy atom. The van der Waals surface area contributed by atoms with Crippen LogP contribution in [0.25, 0.3) is 0 Å². The fourth-order valence-electron chi connectivity index (χ4n) is 3.41. The maximum Gasteiger partial charge on any atom is 0.326 e. The summed E-state index contributed by atoms with van der Waals surface area (Å²) in [5.74, 6) is -1.04. The number of hydrogen-bond acceptors (Lipinski definition) is 4. The number of piperidine rings is 1. The van der Waals surface area contributed by atoms with Crippen LogP contribution in [0.5, 0.6) is 0 Å². The molecule has 0 radical (unpaired) electrons. The summed E-state index contributed by atoms with van der Waals surface area (Å²) in [7, 11) is 0. The molecule has 6 heteroatoms. The van der Waals surface area contributed by atoms with Gasteiger partial charge in [0.05, 0.1) is 5.56 Å². The van der Waals surface area contributed by atoms with Crippen LogP contribution in [0.15, 0.2) is 16.8 Å². The third kappa shape index (κ3) is 2.96. The van der Waals surface area contributed by atoms with Crippen LogP contribution in [0.1, 0.15) is 36.0 Å². The quantitative estimate of drug-likeness (QED) is 0.926. The lowest BCUT2D eigenvalue weighted by molar-refractivity contribution is -0.144. The van der Waals surface area contributed by atoms with E-state index >= 15 is 0 Å². The highest BCUT2D eigenvalue weighted by Crippen LogP contribution is 2.26. The summed E-state index contributed by atoms with van der Waals surface area (Å²) >= 11 is 1.46. The smallest absolute Gasteiger partial charge is 0.326 e. The maximum atomic E-state index is 12.5. The third-order valence-electron chi connectivity index (χ3n) is 4.55. The zero-order valence-corrected chi connectivity index (χ0v) is 12.7. The van der Waals surface area contributed by atoms with Gasteiger partial charge in [-0.25, -0.2) is 4.79 Å². The molecule has 3 rings (SSSR count). The molecule has 2 aliphatic heterocycles. The largest absolute Gasteiger partial charge is 0.480 e. The van der Waals surface area contributed by atoms with Gasteiger partial charge in [0.15, 0.2) is 0 Å². The van der Waals surface area contributed by atoms with Gasteiger partial charge in [-0.15, -0.1) is 0 Å². The second-order valence-corrected chi connectivity index (χ2v) is 6.57. The highest BCUT2D eigenvalue weighted by atomic mass is 32.1. The molecule has 2 fully saturated rings. The summed E-state index contributed by atoms with van der Waals surface area (Å²) in [6.07, 6.45) is 3.82. The normalized spacial score (nSPS) is 27.0. The van der Waals surface area contributed by atoms with Crippen LogP contribution in [-0.4, -0.2) is 58.5 Å². The lowest BCUT2D eigenvalue weighted by Gasteiger charge is -2.40. The van der Waals surface area contributed by atoms with Crippen molar-refractivity contribution < 1.29 is 14.7 Å². The number of carbonyl (C=O) groups is 2. The molecule has 2 atom stereocenters. The van der Waals surface area contributed by atoms with Gasteiger partial charge in [-0.2, -0.15) is 11.3 Å². The highest BCUT2D eigenvalue weighted by Gasteiger charge is 2.38. The monoisotopic (exact) mass is 308 g/mol. The van der Waals surface area contributed by atoms with E-state index in [0.29, 0.717) is 24.6 Å². The van der Waals surface area contributed by atoms with Crippen LogP contribution in [-0.2, 0) is 4.79 Å². The lowest BCUT2D eigenvalue weighted by Crippen LogP contribution is -2.54. The van der Waals surface area contributed by atoms with Crippen LogP contribution >= 0.6 is 11.3 Å². The zero-order valence-electron chi connectivity index (χ0n) is 11.9. The fraction of sp³-hybridized carbons (Fsp3) is 0.600. The minimum atomic E-state index is -0.887. The topological polar surface area (TPSA) is 60.9 Å². The van der Waals surface area contributed by atoms with E-state index < -0.39 is 12.0 Å². The summed E-state index contributed by atoms with van der Waals surface area (Å²) in [6.45, 7) is 2.66. The molecule has 3 heterocycles. The van der Waals surface area contributed by atoms with E-state index in [1.807, 2.05) is 5.38 Å². The van der Waals surface area contributed by atoms with Crippen molar-refractivity contribution in [2.24, 2.45) is 0 Å². The molecule has 114 valence electrons. The molecule has 0 saturated carbocycles. The minimum Gasteiger partial charge on any atom is -0.480 e. The first-order chi connectivity index (χ1) is 10.2. The Bertz CT molecular complexity index is 511. The molecule has 2 unspecified atom stereocenters. The average Bonchev–Trinajstić information content (AvgIpc) is 3.18. The number of hydrogen-bond donors (Lipinski definition) is 1. The molecule has 5 nitrogen and oxygen atoms in total.